The van der Waals surface area contributed by atoms with Gasteiger partial charge in [0.25, 0.3) is 5.91 Å². The Morgan fingerprint density at radius 1 is 1.32 bits per heavy atom. The van der Waals surface area contributed by atoms with Crippen molar-refractivity contribution in [3.05, 3.63) is 46.8 Å². The van der Waals surface area contributed by atoms with Crippen LogP contribution in [0, 0.1) is 24.5 Å². The zero-order valence-corrected chi connectivity index (χ0v) is 18.3. The Balaban J connectivity index is 2.09. The SMILES string of the molecule is Cc1nn(C(F)F)cc1NC(=O)C1OC(C)(C(F)(F)F)C(C)C1c1ccc(F)c(F)c1CCO. The molecular weight excluding hydrogens is 475 g/mol. The molecule has 3 rings (SSSR count). The molecule has 1 aromatic carbocycles. The number of alkyl halides is 5. The molecule has 2 aromatic rings. The van der Waals surface area contributed by atoms with Gasteiger partial charge in [0.05, 0.1) is 17.6 Å². The lowest BCUT2D eigenvalue weighted by Gasteiger charge is -2.32. The van der Waals surface area contributed by atoms with Crippen molar-refractivity contribution >= 4 is 11.6 Å². The van der Waals surface area contributed by atoms with Crippen molar-refractivity contribution in [2.45, 2.75) is 57.5 Å². The van der Waals surface area contributed by atoms with E-state index in [1.165, 1.54) is 6.92 Å². The molecule has 1 aliphatic rings. The number of benzene rings is 1. The van der Waals surface area contributed by atoms with E-state index in [9.17, 15) is 40.6 Å². The molecule has 0 spiro atoms. The maximum Gasteiger partial charge on any atom is 0.417 e. The molecule has 2 N–H and O–H groups in total. The quantitative estimate of drug-likeness (QED) is 0.578. The summed E-state index contributed by atoms with van der Waals surface area (Å²) in [4.78, 5) is 13.1. The zero-order chi connectivity index (χ0) is 25.6. The Morgan fingerprint density at radius 2 is 1.97 bits per heavy atom. The predicted molar refractivity (Wildman–Crippen MR) is 105 cm³/mol. The lowest BCUT2D eigenvalue weighted by Crippen LogP contribution is -2.47. The highest BCUT2D eigenvalue weighted by molar-refractivity contribution is 5.95. The fraction of sp³-hybridized carbons (Fsp3) is 0.524. The summed E-state index contributed by atoms with van der Waals surface area (Å²) in [5, 5.41) is 15.1. The van der Waals surface area contributed by atoms with E-state index in [4.69, 9.17) is 4.74 Å². The third-order valence-corrected chi connectivity index (χ3v) is 6.25. The van der Waals surface area contributed by atoms with Gasteiger partial charge in [-0.3, -0.25) is 4.79 Å². The average Bonchev–Trinajstić information content (AvgIpc) is 3.24. The number of aromatic nitrogens is 2. The van der Waals surface area contributed by atoms with Gasteiger partial charge in [0, 0.05) is 18.4 Å². The number of aryl methyl sites for hydroxylation is 1. The van der Waals surface area contributed by atoms with Crippen LogP contribution in [0.1, 0.15) is 43.1 Å². The van der Waals surface area contributed by atoms with Gasteiger partial charge in [-0.05, 0) is 37.5 Å². The topological polar surface area (TPSA) is 76.4 Å². The number of amides is 1. The van der Waals surface area contributed by atoms with Crippen molar-refractivity contribution < 1.29 is 45.4 Å². The van der Waals surface area contributed by atoms with Crippen LogP contribution in [0.15, 0.2) is 18.3 Å². The zero-order valence-electron chi connectivity index (χ0n) is 18.3. The predicted octanol–water partition coefficient (Wildman–Crippen LogP) is 4.48. The minimum absolute atomic E-state index is 0.0244. The molecule has 0 bridgehead atoms. The third kappa shape index (κ3) is 4.38. The fourth-order valence-electron chi connectivity index (χ4n) is 4.22. The molecule has 4 atom stereocenters. The van der Waals surface area contributed by atoms with E-state index < -0.39 is 66.8 Å². The molecule has 6 nitrogen and oxygen atoms in total. The van der Waals surface area contributed by atoms with E-state index >= 15 is 0 Å². The first kappa shape index (κ1) is 25.9. The number of carbonyl (C=O) groups excluding carboxylic acids is 1. The Morgan fingerprint density at radius 3 is 2.50 bits per heavy atom. The highest BCUT2D eigenvalue weighted by Gasteiger charge is 2.65. The summed E-state index contributed by atoms with van der Waals surface area (Å²) in [6.45, 7) is -0.441. The van der Waals surface area contributed by atoms with Crippen LogP contribution in [0.3, 0.4) is 0 Å². The van der Waals surface area contributed by atoms with Gasteiger partial charge in [0.15, 0.2) is 17.2 Å². The molecule has 34 heavy (non-hydrogen) atoms. The van der Waals surface area contributed by atoms with Crippen molar-refractivity contribution in [1.29, 1.82) is 0 Å². The molecule has 4 unspecified atom stereocenters. The molecule has 13 heteroatoms. The normalized spacial score (nSPS) is 25.2. The number of ether oxygens (including phenoxy) is 1. The van der Waals surface area contributed by atoms with E-state index in [0.29, 0.717) is 6.07 Å². The van der Waals surface area contributed by atoms with Crippen LogP contribution in [0.4, 0.5) is 36.4 Å². The largest absolute Gasteiger partial charge is 0.417 e. The summed E-state index contributed by atoms with van der Waals surface area (Å²) in [6, 6.07) is 1.77. The van der Waals surface area contributed by atoms with E-state index in [0.717, 1.165) is 26.1 Å². The number of anilines is 1. The summed E-state index contributed by atoms with van der Waals surface area (Å²) in [5.74, 6) is -6.59. The number of hydrogen-bond acceptors (Lipinski definition) is 4. The summed E-state index contributed by atoms with van der Waals surface area (Å²) in [6.07, 6.45) is -6.40. The highest BCUT2D eigenvalue weighted by atomic mass is 19.4. The van der Waals surface area contributed by atoms with Crippen molar-refractivity contribution in [2.75, 3.05) is 11.9 Å². The molecule has 0 saturated carbocycles. The van der Waals surface area contributed by atoms with Gasteiger partial charge in [-0.25, -0.2) is 13.5 Å². The van der Waals surface area contributed by atoms with E-state index in [1.54, 1.807) is 0 Å². The maximum absolute atomic E-state index is 14.5. The van der Waals surface area contributed by atoms with Gasteiger partial charge in [-0.2, -0.15) is 27.1 Å². The maximum atomic E-state index is 14.5. The van der Waals surface area contributed by atoms with Crippen LogP contribution < -0.4 is 5.32 Å². The Kier molecular flexibility index (Phi) is 7.00. The minimum atomic E-state index is -4.94. The van der Waals surface area contributed by atoms with Crippen LogP contribution in [-0.2, 0) is 16.0 Å². The number of hydrogen-bond donors (Lipinski definition) is 2. The average molecular weight is 497 g/mol. The summed E-state index contributed by atoms with van der Waals surface area (Å²) in [5.41, 5.74) is -3.56. The minimum Gasteiger partial charge on any atom is -0.396 e. The first-order valence-electron chi connectivity index (χ1n) is 10.2. The summed E-state index contributed by atoms with van der Waals surface area (Å²) < 4.78 is 102. The molecule has 2 heterocycles. The monoisotopic (exact) mass is 497 g/mol. The van der Waals surface area contributed by atoms with E-state index in [2.05, 4.69) is 10.4 Å². The summed E-state index contributed by atoms with van der Waals surface area (Å²) in [7, 11) is 0. The number of carbonyl (C=O) groups is 1. The Bertz CT molecular complexity index is 1070. The van der Waals surface area contributed by atoms with Crippen molar-refractivity contribution in [1.82, 2.24) is 9.78 Å². The molecule has 1 aromatic heterocycles. The number of rotatable bonds is 6. The van der Waals surface area contributed by atoms with Crippen molar-refractivity contribution in [3.8, 4) is 0 Å². The van der Waals surface area contributed by atoms with Crippen molar-refractivity contribution in [3.63, 3.8) is 0 Å². The molecule has 0 radical (unpaired) electrons. The van der Waals surface area contributed by atoms with Crippen LogP contribution in [0.5, 0.6) is 0 Å². The Hall–Kier alpha value is -2.67. The van der Waals surface area contributed by atoms with E-state index in [-0.39, 0.29) is 27.2 Å². The molecule has 188 valence electrons. The molecule has 1 aliphatic heterocycles. The van der Waals surface area contributed by atoms with Crippen LogP contribution in [0.2, 0.25) is 0 Å². The van der Waals surface area contributed by atoms with Crippen LogP contribution in [-0.4, -0.2) is 45.3 Å². The van der Waals surface area contributed by atoms with Crippen LogP contribution >= 0.6 is 0 Å². The highest BCUT2D eigenvalue weighted by Crippen LogP contribution is 2.54. The molecule has 1 fully saturated rings. The molecular formula is C21H22F7N3O3. The number of halogens is 7. The lowest BCUT2D eigenvalue weighted by molar-refractivity contribution is -0.272. The van der Waals surface area contributed by atoms with Gasteiger partial charge in [0.2, 0.25) is 0 Å². The second-order valence-electron chi connectivity index (χ2n) is 8.24. The van der Waals surface area contributed by atoms with Gasteiger partial charge >= 0.3 is 12.7 Å². The van der Waals surface area contributed by atoms with Gasteiger partial charge in [-0.15, -0.1) is 0 Å². The van der Waals surface area contributed by atoms with Crippen molar-refractivity contribution in [2.24, 2.45) is 5.92 Å². The van der Waals surface area contributed by atoms with E-state index in [1.807, 2.05) is 0 Å². The van der Waals surface area contributed by atoms with Gasteiger partial charge in [-0.1, -0.05) is 13.0 Å². The first-order valence-corrected chi connectivity index (χ1v) is 10.2. The fourth-order valence-corrected chi connectivity index (χ4v) is 4.22. The molecule has 1 amide bonds. The number of nitrogens with zero attached hydrogens (tertiary/aromatic N) is 2. The van der Waals surface area contributed by atoms with Crippen LogP contribution in [0.25, 0.3) is 0 Å². The standard InChI is InChI=1S/C21H22F7N3O3/c1-9-15(11-4-5-13(22)16(23)12(11)6-7-32)17(34-20(9,3)21(26,27)28)18(33)29-14-8-31(19(24)25)30-10(14)2/h4-5,8-9,15,17,19,32H,6-7H2,1-3H3,(H,29,33). The smallest absolute Gasteiger partial charge is 0.396 e. The second kappa shape index (κ2) is 9.17. The third-order valence-electron chi connectivity index (χ3n) is 6.25. The number of aliphatic hydroxyl groups excluding tert-OH is 1. The van der Waals surface area contributed by atoms with Gasteiger partial charge in [0.1, 0.15) is 6.10 Å². The molecule has 0 aliphatic carbocycles. The first-order chi connectivity index (χ1) is 15.7. The second-order valence-corrected chi connectivity index (χ2v) is 8.24. The lowest BCUT2D eigenvalue weighted by atomic mass is 9.75. The number of nitrogens with one attached hydrogen (secondary N) is 1. The number of aliphatic hydroxyl groups is 1. The summed E-state index contributed by atoms with van der Waals surface area (Å²) >= 11 is 0. The van der Waals surface area contributed by atoms with Gasteiger partial charge < -0.3 is 15.2 Å². The molecule has 1 saturated heterocycles. The Labute approximate surface area is 189 Å².